The predicted molar refractivity (Wildman–Crippen MR) is 92.9 cm³/mol. The van der Waals surface area contributed by atoms with E-state index in [2.05, 4.69) is 6.08 Å². The Labute approximate surface area is 144 Å². The highest BCUT2D eigenvalue weighted by Crippen LogP contribution is 2.38. The van der Waals surface area contributed by atoms with Gasteiger partial charge in [0.1, 0.15) is 5.75 Å². The van der Waals surface area contributed by atoms with Crippen molar-refractivity contribution in [1.82, 2.24) is 0 Å². The van der Waals surface area contributed by atoms with Gasteiger partial charge in [-0.25, -0.2) is 8.42 Å². The van der Waals surface area contributed by atoms with Crippen LogP contribution in [0.15, 0.2) is 47.4 Å². The van der Waals surface area contributed by atoms with Crippen LogP contribution in [0.25, 0.3) is 5.57 Å². The van der Waals surface area contributed by atoms with Gasteiger partial charge >= 0.3 is 0 Å². The molecule has 3 rings (SSSR count). The molecular formula is C17H14Cl2O3S. The highest BCUT2D eigenvalue weighted by molar-refractivity contribution is 8.13. The minimum Gasteiger partial charge on any atom is -0.496 e. The Hall–Kier alpha value is -1.49. The van der Waals surface area contributed by atoms with Crippen LogP contribution in [0.4, 0.5) is 0 Å². The van der Waals surface area contributed by atoms with Crippen molar-refractivity contribution in [2.45, 2.75) is 17.7 Å². The van der Waals surface area contributed by atoms with Crippen LogP contribution in [-0.4, -0.2) is 15.5 Å². The molecule has 0 heterocycles. The lowest BCUT2D eigenvalue weighted by Crippen LogP contribution is -2.04. The largest absolute Gasteiger partial charge is 0.496 e. The van der Waals surface area contributed by atoms with Gasteiger partial charge in [-0.1, -0.05) is 23.7 Å². The number of allylic oxidation sites excluding steroid dienone is 1. The Morgan fingerprint density at radius 1 is 1.09 bits per heavy atom. The van der Waals surface area contributed by atoms with Crippen LogP contribution < -0.4 is 4.74 Å². The van der Waals surface area contributed by atoms with Crippen LogP contribution in [0.1, 0.15) is 23.1 Å². The summed E-state index contributed by atoms with van der Waals surface area (Å²) in [5, 5.41) is 0.603. The van der Waals surface area contributed by atoms with Crippen LogP contribution in [0.2, 0.25) is 5.02 Å². The van der Waals surface area contributed by atoms with Gasteiger partial charge in [0.05, 0.1) is 12.0 Å². The van der Waals surface area contributed by atoms with E-state index in [1.54, 1.807) is 25.3 Å². The first kappa shape index (κ1) is 16.4. The maximum Gasteiger partial charge on any atom is 0.261 e. The zero-order valence-electron chi connectivity index (χ0n) is 12.3. The second-order valence-electron chi connectivity index (χ2n) is 5.26. The lowest BCUT2D eigenvalue weighted by atomic mass is 9.86. The Bertz CT molecular complexity index is 902. The number of ether oxygens (including phenoxy) is 1. The van der Waals surface area contributed by atoms with Gasteiger partial charge in [-0.05, 0) is 59.9 Å². The Kier molecular flexibility index (Phi) is 4.41. The van der Waals surface area contributed by atoms with Gasteiger partial charge in [-0.15, -0.1) is 0 Å². The number of halogens is 2. The highest BCUT2D eigenvalue weighted by atomic mass is 35.7. The van der Waals surface area contributed by atoms with E-state index in [9.17, 15) is 8.42 Å². The maximum atomic E-state index is 11.5. The quantitative estimate of drug-likeness (QED) is 0.740. The van der Waals surface area contributed by atoms with Gasteiger partial charge in [0.2, 0.25) is 0 Å². The first-order chi connectivity index (χ1) is 10.9. The van der Waals surface area contributed by atoms with Gasteiger partial charge in [-0.2, -0.15) is 0 Å². The van der Waals surface area contributed by atoms with Crippen molar-refractivity contribution >= 4 is 36.9 Å². The summed E-state index contributed by atoms with van der Waals surface area (Å²) in [7, 11) is 3.32. The Balaban J connectivity index is 2.13. The second-order valence-corrected chi connectivity index (χ2v) is 8.26. The Morgan fingerprint density at radius 2 is 1.83 bits per heavy atom. The van der Waals surface area contributed by atoms with E-state index in [-0.39, 0.29) is 4.90 Å². The van der Waals surface area contributed by atoms with E-state index >= 15 is 0 Å². The molecule has 1 aliphatic rings. The van der Waals surface area contributed by atoms with Gasteiger partial charge in [-0.3, -0.25) is 0 Å². The minimum absolute atomic E-state index is 0.127. The zero-order valence-corrected chi connectivity index (χ0v) is 14.7. The lowest BCUT2D eigenvalue weighted by molar-refractivity contribution is 0.413. The van der Waals surface area contributed by atoms with Crippen molar-refractivity contribution in [2.75, 3.05) is 7.11 Å². The molecule has 2 aromatic carbocycles. The summed E-state index contributed by atoms with van der Waals surface area (Å²) >= 11 is 6.02. The summed E-state index contributed by atoms with van der Waals surface area (Å²) in [6.07, 6.45) is 3.72. The monoisotopic (exact) mass is 368 g/mol. The molecule has 0 aliphatic heterocycles. The van der Waals surface area contributed by atoms with Crippen molar-refractivity contribution in [3.63, 3.8) is 0 Å². The van der Waals surface area contributed by atoms with E-state index in [0.29, 0.717) is 10.8 Å². The SMILES string of the molecule is COc1cc(Cl)ccc1C1=CCCc2cc(S(=O)(=O)Cl)ccc21. The first-order valence-corrected chi connectivity index (χ1v) is 9.71. The summed E-state index contributed by atoms with van der Waals surface area (Å²) < 4.78 is 28.5. The molecule has 0 saturated heterocycles. The molecule has 2 aromatic rings. The third-order valence-electron chi connectivity index (χ3n) is 3.86. The van der Waals surface area contributed by atoms with E-state index in [1.807, 2.05) is 12.1 Å². The molecule has 0 spiro atoms. The molecule has 6 heteroatoms. The van der Waals surface area contributed by atoms with Crippen LogP contribution in [0.3, 0.4) is 0 Å². The van der Waals surface area contributed by atoms with Crippen LogP contribution >= 0.6 is 22.3 Å². The fraction of sp³-hybridized carbons (Fsp3) is 0.176. The zero-order chi connectivity index (χ0) is 16.6. The molecule has 1 aliphatic carbocycles. The molecule has 0 unspecified atom stereocenters. The number of rotatable bonds is 3. The number of fused-ring (bicyclic) bond motifs is 1. The first-order valence-electron chi connectivity index (χ1n) is 7.02. The van der Waals surface area contributed by atoms with E-state index in [1.165, 1.54) is 6.07 Å². The molecule has 0 N–H and O–H groups in total. The topological polar surface area (TPSA) is 43.4 Å². The molecular weight excluding hydrogens is 355 g/mol. The minimum atomic E-state index is -3.73. The smallest absolute Gasteiger partial charge is 0.261 e. The fourth-order valence-electron chi connectivity index (χ4n) is 2.82. The molecule has 3 nitrogen and oxygen atoms in total. The Morgan fingerprint density at radius 3 is 2.52 bits per heavy atom. The van der Waals surface area contributed by atoms with Crippen molar-refractivity contribution < 1.29 is 13.2 Å². The number of hydrogen-bond donors (Lipinski definition) is 0. The molecule has 0 fully saturated rings. The third-order valence-corrected chi connectivity index (χ3v) is 5.45. The molecule has 0 atom stereocenters. The average molecular weight is 369 g/mol. The molecule has 120 valence electrons. The van der Waals surface area contributed by atoms with Gasteiger partial charge < -0.3 is 4.74 Å². The van der Waals surface area contributed by atoms with Gasteiger partial charge in [0, 0.05) is 21.3 Å². The van der Waals surface area contributed by atoms with E-state index in [0.717, 1.165) is 35.1 Å². The highest BCUT2D eigenvalue weighted by Gasteiger charge is 2.20. The maximum absolute atomic E-state index is 11.5. The predicted octanol–water partition coefficient (Wildman–Crippen LogP) is 4.65. The molecule has 0 aromatic heterocycles. The lowest BCUT2D eigenvalue weighted by Gasteiger charge is -2.20. The van der Waals surface area contributed by atoms with Crippen LogP contribution in [-0.2, 0) is 15.5 Å². The second kappa shape index (κ2) is 6.19. The third kappa shape index (κ3) is 3.25. The summed E-state index contributed by atoms with van der Waals surface area (Å²) in [6, 6.07) is 10.5. The van der Waals surface area contributed by atoms with Crippen molar-refractivity contribution in [3.05, 3.63) is 64.2 Å². The van der Waals surface area contributed by atoms with Crippen molar-refractivity contribution in [3.8, 4) is 5.75 Å². The molecule has 0 saturated carbocycles. The molecule has 23 heavy (non-hydrogen) atoms. The average Bonchev–Trinajstić information content (AvgIpc) is 2.53. The standard InChI is InChI=1S/C17H14Cl2O3S/c1-22-17-10-12(18)5-7-16(17)15-4-2-3-11-9-13(23(19,20)21)6-8-14(11)15/h4-10H,2-3H2,1H3. The number of methoxy groups -OCH3 is 1. The van der Waals surface area contributed by atoms with Gasteiger partial charge in [0.25, 0.3) is 9.05 Å². The van der Waals surface area contributed by atoms with E-state index < -0.39 is 9.05 Å². The fourth-order valence-corrected chi connectivity index (χ4v) is 3.78. The van der Waals surface area contributed by atoms with E-state index in [4.69, 9.17) is 27.0 Å². The normalized spacial score (nSPS) is 14.1. The summed E-state index contributed by atoms with van der Waals surface area (Å²) in [5.41, 5.74) is 3.89. The summed E-state index contributed by atoms with van der Waals surface area (Å²) in [5.74, 6) is 0.686. The van der Waals surface area contributed by atoms with Crippen LogP contribution in [0.5, 0.6) is 5.75 Å². The molecule has 0 amide bonds. The summed E-state index contributed by atoms with van der Waals surface area (Å²) in [4.78, 5) is 0.127. The number of benzene rings is 2. The number of hydrogen-bond acceptors (Lipinski definition) is 3. The van der Waals surface area contributed by atoms with Crippen molar-refractivity contribution in [2.24, 2.45) is 0 Å². The van der Waals surface area contributed by atoms with Crippen molar-refractivity contribution in [1.29, 1.82) is 0 Å². The molecule has 0 bridgehead atoms. The van der Waals surface area contributed by atoms with Gasteiger partial charge in [0.15, 0.2) is 0 Å². The number of aryl methyl sites for hydroxylation is 1. The molecule has 0 radical (unpaired) electrons. The van der Waals surface area contributed by atoms with Crippen LogP contribution in [0, 0.1) is 0 Å². The summed E-state index contributed by atoms with van der Waals surface area (Å²) in [6.45, 7) is 0.